The van der Waals surface area contributed by atoms with Crippen LogP contribution in [0.3, 0.4) is 0 Å². The molecule has 7 nitrogen and oxygen atoms in total. The number of hydrogen-bond acceptors (Lipinski definition) is 5. The lowest BCUT2D eigenvalue weighted by atomic mass is 10.1. The number of carbonyl (C=O) groups excluding carboxylic acids is 1. The Balaban J connectivity index is 0.00000364. The number of carbonyl (C=O) groups is 2. The number of anilines is 1. The summed E-state index contributed by atoms with van der Waals surface area (Å²) in [6.07, 6.45) is 3.39. The average molecular weight is 400 g/mol. The summed E-state index contributed by atoms with van der Waals surface area (Å²) in [7, 11) is 3.47. The number of amides is 1. The lowest BCUT2D eigenvalue weighted by Gasteiger charge is -2.25. The van der Waals surface area contributed by atoms with Crippen molar-refractivity contribution >= 4 is 30.0 Å². The standard InChI is InChI=1S/C19H29N3O4.ClH/c1-21(14-19(24)25)16-6-4-10-22(11-8-16)12-9-18(23)20-15-5-3-7-17(13-15)26-2;/h3,5,7,13,16H,4,6,8-12,14H2,1-2H3,(H,20,23)(H,24,25);1H. The highest BCUT2D eigenvalue weighted by Crippen LogP contribution is 2.18. The quantitative estimate of drug-likeness (QED) is 0.698. The van der Waals surface area contributed by atoms with E-state index < -0.39 is 5.97 Å². The number of likely N-dealkylation sites (tertiary alicyclic amines) is 1. The van der Waals surface area contributed by atoms with Crippen molar-refractivity contribution in [2.45, 2.75) is 31.7 Å². The molecule has 0 aromatic heterocycles. The second-order valence-corrected chi connectivity index (χ2v) is 6.77. The summed E-state index contributed by atoms with van der Waals surface area (Å²) in [4.78, 5) is 27.3. The molecule has 1 unspecified atom stereocenters. The van der Waals surface area contributed by atoms with Crippen LogP contribution in [0.1, 0.15) is 25.7 Å². The molecule has 152 valence electrons. The molecule has 0 bridgehead atoms. The topological polar surface area (TPSA) is 82.1 Å². The van der Waals surface area contributed by atoms with Crippen molar-refractivity contribution in [1.82, 2.24) is 9.80 Å². The number of nitrogens with zero attached hydrogens (tertiary/aromatic N) is 2. The van der Waals surface area contributed by atoms with Gasteiger partial charge in [0.2, 0.25) is 5.91 Å². The van der Waals surface area contributed by atoms with E-state index in [1.54, 1.807) is 13.2 Å². The summed E-state index contributed by atoms with van der Waals surface area (Å²) in [6.45, 7) is 2.63. The van der Waals surface area contributed by atoms with Gasteiger partial charge in [-0.15, -0.1) is 12.4 Å². The van der Waals surface area contributed by atoms with E-state index in [9.17, 15) is 9.59 Å². The molecule has 27 heavy (non-hydrogen) atoms. The molecule has 1 aliphatic rings. The Hall–Kier alpha value is -1.83. The third-order valence-electron chi connectivity index (χ3n) is 4.81. The summed E-state index contributed by atoms with van der Waals surface area (Å²) in [5.41, 5.74) is 0.737. The Morgan fingerprint density at radius 2 is 2.11 bits per heavy atom. The van der Waals surface area contributed by atoms with Crippen LogP contribution in [-0.2, 0) is 9.59 Å². The Labute approximate surface area is 167 Å². The molecule has 1 fully saturated rings. The van der Waals surface area contributed by atoms with Gasteiger partial charge in [-0.1, -0.05) is 6.07 Å². The second-order valence-electron chi connectivity index (χ2n) is 6.77. The molecule has 0 radical (unpaired) electrons. The molecular formula is C19H30ClN3O4. The predicted octanol–water partition coefficient (Wildman–Crippen LogP) is 2.32. The smallest absolute Gasteiger partial charge is 0.317 e. The van der Waals surface area contributed by atoms with Gasteiger partial charge in [-0.2, -0.15) is 0 Å². The third-order valence-corrected chi connectivity index (χ3v) is 4.81. The Kier molecular flexibility index (Phi) is 10.1. The van der Waals surface area contributed by atoms with Crippen LogP contribution in [-0.4, -0.2) is 73.2 Å². The largest absolute Gasteiger partial charge is 0.497 e. The molecular weight excluding hydrogens is 370 g/mol. The lowest BCUT2D eigenvalue weighted by Crippen LogP contribution is -2.36. The van der Waals surface area contributed by atoms with Gasteiger partial charge in [0.05, 0.1) is 13.7 Å². The van der Waals surface area contributed by atoms with Gasteiger partial charge >= 0.3 is 5.97 Å². The summed E-state index contributed by atoms with van der Waals surface area (Å²) in [5, 5.41) is 11.8. The van der Waals surface area contributed by atoms with E-state index in [4.69, 9.17) is 9.84 Å². The second kappa shape index (κ2) is 11.8. The Morgan fingerprint density at radius 1 is 1.33 bits per heavy atom. The van der Waals surface area contributed by atoms with Crippen LogP contribution in [0.25, 0.3) is 0 Å². The maximum absolute atomic E-state index is 12.2. The first kappa shape index (κ1) is 23.2. The lowest BCUT2D eigenvalue weighted by molar-refractivity contribution is -0.138. The van der Waals surface area contributed by atoms with Gasteiger partial charge in [0.1, 0.15) is 5.75 Å². The molecule has 0 saturated carbocycles. The van der Waals surface area contributed by atoms with Crippen molar-refractivity contribution in [3.05, 3.63) is 24.3 Å². The average Bonchev–Trinajstić information content (AvgIpc) is 2.85. The highest BCUT2D eigenvalue weighted by atomic mass is 35.5. The van der Waals surface area contributed by atoms with Gasteiger partial charge in [-0.3, -0.25) is 14.5 Å². The molecule has 2 rings (SSSR count). The fraction of sp³-hybridized carbons (Fsp3) is 0.579. The van der Waals surface area contributed by atoms with Gasteiger partial charge in [0, 0.05) is 30.8 Å². The van der Waals surface area contributed by atoms with Crippen molar-refractivity contribution in [1.29, 1.82) is 0 Å². The third kappa shape index (κ3) is 8.15. The highest BCUT2D eigenvalue weighted by Gasteiger charge is 2.21. The van der Waals surface area contributed by atoms with Crippen LogP contribution < -0.4 is 10.1 Å². The van der Waals surface area contributed by atoms with Gasteiger partial charge in [-0.05, 0) is 51.5 Å². The van der Waals surface area contributed by atoms with Crippen LogP contribution in [0.4, 0.5) is 5.69 Å². The number of rotatable bonds is 8. The molecule has 1 aromatic rings. The van der Waals surface area contributed by atoms with Crippen molar-refractivity contribution in [3.8, 4) is 5.75 Å². The van der Waals surface area contributed by atoms with Gasteiger partial charge in [-0.25, -0.2) is 0 Å². The first-order valence-corrected chi connectivity index (χ1v) is 9.06. The molecule has 1 aromatic carbocycles. The Morgan fingerprint density at radius 3 is 2.81 bits per heavy atom. The molecule has 1 amide bonds. The zero-order chi connectivity index (χ0) is 18.9. The maximum atomic E-state index is 12.2. The van der Waals surface area contributed by atoms with E-state index in [2.05, 4.69) is 10.2 Å². The molecule has 1 atom stereocenters. The number of ether oxygens (including phenoxy) is 1. The van der Waals surface area contributed by atoms with E-state index in [1.807, 2.05) is 30.1 Å². The van der Waals surface area contributed by atoms with E-state index in [-0.39, 0.29) is 24.9 Å². The SMILES string of the molecule is COc1cccc(NC(=O)CCN2CCCC(N(C)CC(=O)O)CC2)c1.Cl. The molecule has 2 N–H and O–H groups in total. The number of hydrogen-bond donors (Lipinski definition) is 2. The fourth-order valence-corrected chi connectivity index (χ4v) is 3.33. The first-order chi connectivity index (χ1) is 12.5. The minimum Gasteiger partial charge on any atom is -0.497 e. The van der Waals surface area contributed by atoms with Gasteiger partial charge < -0.3 is 20.1 Å². The van der Waals surface area contributed by atoms with E-state index in [0.717, 1.165) is 38.0 Å². The predicted molar refractivity (Wildman–Crippen MR) is 108 cm³/mol. The number of halogens is 1. The van der Waals surface area contributed by atoms with E-state index in [0.29, 0.717) is 24.8 Å². The molecule has 1 aliphatic heterocycles. The summed E-state index contributed by atoms with van der Waals surface area (Å²) in [5.74, 6) is -0.0864. The van der Waals surface area contributed by atoms with Gasteiger partial charge in [0.25, 0.3) is 0 Å². The van der Waals surface area contributed by atoms with Crippen LogP contribution >= 0.6 is 12.4 Å². The molecule has 0 spiro atoms. The zero-order valence-corrected chi connectivity index (χ0v) is 16.8. The zero-order valence-electron chi connectivity index (χ0n) is 16.0. The fourth-order valence-electron chi connectivity index (χ4n) is 3.33. The van der Waals surface area contributed by atoms with Crippen LogP contribution in [0.15, 0.2) is 24.3 Å². The van der Waals surface area contributed by atoms with Crippen LogP contribution in [0.2, 0.25) is 0 Å². The normalized spacial score (nSPS) is 17.7. The number of aliphatic carboxylic acids is 1. The number of nitrogens with one attached hydrogen (secondary N) is 1. The Bertz CT molecular complexity index is 614. The van der Waals surface area contributed by atoms with Gasteiger partial charge in [0.15, 0.2) is 0 Å². The highest BCUT2D eigenvalue weighted by molar-refractivity contribution is 5.91. The molecule has 1 saturated heterocycles. The number of likely N-dealkylation sites (N-methyl/N-ethyl adjacent to an activating group) is 1. The summed E-state index contributed by atoms with van der Waals surface area (Å²) < 4.78 is 5.16. The monoisotopic (exact) mass is 399 g/mol. The number of carboxylic acids is 1. The maximum Gasteiger partial charge on any atom is 0.317 e. The molecule has 8 heteroatoms. The van der Waals surface area contributed by atoms with E-state index >= 15 is 0 Å². The number of methoxy groups -OCH3 is 1. The van der Waals surface area contributed by atoms with Crippen LogP contribution in [0, 0.1) is 0 Å². The minimum absolute atomic E-state index is 0. The number of benzene rings is 1. The van der Waals surface area contributed by atoms with Crippen molar-refractivity contribution in [2.24, 2.45) is 0 Å². The number of carboxylic acid groups (broad SMARTS) is 1. The van der Waals surface area contributed by atoms with Crippen molar-refractivity contribution in [2.75, 3.05) is 45.7 Å². The molecule has 0 aliphatic carbocycles. The molecule has 1 heterocycles. The first-order valence-electron chi connectivity index (χ1n) is 9.06. The summed E-state index contributed by atoms with van der Waals surface area (Å²) in [6, 6.07) is 7.62. The van der Waals surface area contributed by atoms with Crippen LogP contribution in [0.5, 0.6) is 5.75 Å². The summed E-state index contributed by atoms with van der Waals surface area (Å²) >= 11 is 0. The van der Waals surface area contributed by atoms with Crippen molar-refractivity contribution in [3.63, 3.8) is 0 Å². The van der Waals surface area contributed by atoms with Crippen molar-refractivity contribution < 1.29 is 19.4 Å². The minimum atomic E-state index is -0.789. The van der Waals surface area contributed by atoms with E-state index in [1.165, 1.54) is 0 Å².